The maximum Gasteiger partial charge on any atom is 0.237 e. The Morgan fingerprint density at radius 1 is 1.10 bits per heavy atom. The van der Waals surface area contributed by atoms with Crippen molar-refractivity contribution in [2.45, 2.75) is 11.7 Å². The standard InChI is InChI=1S/C14H12ClNO3S/c15-20(18,19)11-8-14(17)16(9-11)13-7-3-5-10-4-1-2-6-12(10)13/h1-7,11H,8-9H2. The lowest BCUT2D eigenvalue weighted by atomic mass is 10.1. The number of carbonyl (C=O) groups is 1. The van der Waals surface area contributed by atoms with E-state index in [0.29, 0.717) is 0 Å². The molecule has 4 nitrogen and oxygen atoms in total. The fourth-order valence-electron chi connectivity index (χ4n) is 2.54. The Morgan fingerprint density at radius 3 is 2.50 bits per heavy atom. The zero-order valence-electron chi connectivity index (χ0n) is 10.5. The monoisotopic (exact) mass is 309 g/mol. The van der Waals surface area contributed by atoms with Crippen molar-refractivity contribution in [1.29, 1.82) is 0 Å². The predicted octanol–water partition coefficient (Wildman–Crippen LogP) is 2.51. The van der Waals surface area contributed by atoms with Gasteiger partial charge in [0.15, 0.2) is 0 Å². The van der Waals surface area contributed by atoms with Gasteiger partial charge in [-0.25, -0.2) is 8.42 Å². The number of halogens is 1. The van der Waals surface area contributed by atoms with Gasteiger partial charge >= 0.3 is 0 Å². The normalized spacial score (nSPS) is 19.8. The molecule has 0 radical (unpaired) electrons. The van der Waals surface area contributed by atoms with Crippen LogP contribution in [0.1, 0.15) is 6.42 Å². The number of amides is 1. The van der Waals surface area contributed by atoms with Gasteiger partial charge in [-0.15, -0.1) is 0 Å². The fourth-order valence-corrected chi connectivity index (χ4v) is 3.57. The van der Waals surface area contributed by atoms with Crippen LogP contribution in [0.5, 0.6) is 0 Å². The molecule has 1 aliphatic rings. The van der Waals surface area contributed by atoms with Crippen molar-refractivity contribution >= 4 is 42.1 Å². The summed E-state index contributed by atoms with van der Waals surface area (Å²) in [6.45, 7) is 0.110. The molecule has 0 spiro atoms. The third-order valence-electron chi connectivity index (χ3n) is 3.55. The SMILES string of the molecule is O=C1CC(S(=O)(=O)Cl)CN1c1cccc2ccccc12. The first-order valence-corrected chi connectivity index (χ1v) is 8.55. The van der Waals surface area contributed by atoms with Crippen LogP contribution in [0.3, 0.4) is 0 Å². The number of hydrogen-bond acceptors (Lipinski definition) is 3. The molecule has 0 bridgehead atoms. The molecule has 2 aromatic rings. The summed E-state index contributed by atoms with van der Waals surface area (Å²) < 4.78 is 22.8. The highest BCUT2D eigenvalue weighted by Crippen LogP contribution is 2.32. The Labute approximate surface area is 121 Å². The average molecular weight is 310 g/mol. The second-order valence-electron chi connectivity index (χ2n) is 4.80. The summed E-state index contributed by atoms with van der Waals surface area (Å²) in [5.41, 5.74) is 0.732. The van der Waals surface area contributed by atoms with Gasteiger partial charge in [0.25, 0.3) is 0 Å². The van der Waals surface area contributed by atoms with E-state index in [4.69, 9.17) is 10.7 Å². The fraction of sp³-hybridized carbons (Fsp3) is 0.214. The number of nitrogens with zero attached hydrogens (tertiary/aromatic N) is 1. The first kappa shape index (κ1) is 13.4. The molecule has 1 heterocycles. The van der Waals surface area contributed by atoms with Gasteiger partial charge in [0.05, 0.1) is 5.69 Å². The van der Waals surface area contributed by atoms with Crippen molar-refractivity contribution in [1.82, 2.24) is 0 Å². The quantitative estimate of drug-likeness (QED) is 0.801. The summed E-state index contributed by atoms with van der Waals surface area (Å²) in [7, 11) is 1.65. The van der Waals surface area contributed by atoms with Crippen molar-refractivity contribution in [3.8, 4) is 0 Å². The Morgan fingerprint density at radius 2 is 1.80 bits per heavy atom. The summed E-state index contributed by atoms with van der Waals surface area (Å²) in [4.78, 5) is 13.6. The van der Waals surface area contributed by atoms with Gasteiger partial charge in [0.1, 0.15) is 5.25 Å². The smallest absolute Gasteiger partial charge is 0.237 e. The van der Waals surface area contributed by atoms with Crippen LogP contribution in [0.2, 0.25) is 0 Å². The molecular weight excluding hydrogens is 298 g/mol. The Hall–Kier alpha value is -1.59. The van der Waals surface area contributed by atoms with Crippen molar-refractivity contribution < 1.29 is 13.2 Å². The molecule has 1 amide bonds. The number of anilines is 1. The van der Waals surface area contributed by atoms with E-state index in [1.54, 1.807) is 0 Å². The number of benzene rings is 2. The molecule has 0 aliphatic carbocycles. The molecular formula is C14H12ClNO3S. The zero-order valence-corrected chi connectivity index (χ0v) is 12.1. The Balaban J connectivity index is 2.06. The molecule has 1 saturated heterocycles. The maximum absolute atomic E-state index is 12.1. The van der Waals surface area contributed by atoms with Crippen LogP contribution in [-0.4, -0.2) is 26.1 Å². The molecule has 2 aromatic carbocycles. The minimum absolute atomic E-state index is 0.0605. The minimum atomic E-state index is -3.72. The second-order valence-corrected chi connectivity index (χ2v) is 7.71. The first-order valence-electron chi connectivity index (χ1n) is 6.18. The molecule has 0 aromatic heterocycles. The van der Waals surface area contributed by atoms with E-state index in [9.17, 15) is 13.2 Å². The van der Waals surface area contributed by atoms with Gasteiger partial charge in [-0.2, -0.15) is 0 Å². The summed E-state index contributed by atoms with van der Waals surface area (Å²) in [6.07, 6.45) is -0.0605. The highest BCUT2D eigenvalue weighted by atomic mass is 35.7. The molecule has 104 valence electrons. The van der Waals surface area contributed by atoms with E-state index in [1.807, 2.05) is 42.5 Å². The maximum atomic E-state index is 12.1. The Bertz CT molecular complexity index is 783. The van der Waals surface area contributed by atoms with E-state index in [-0.39, 0.29) is 18.9 Å². The average Bonchev–Trinajstić information content (AvgIpc) is 2.80. The molecule has 0 N–H and O–H groups in total. The number of rotatable bonds is 2. The molecule has 0 saturated carbocycles. The number of carbonyl (C=O) groups excluding carboxylic acids is 1. The molecule has 1 atom stereocenters. The topological polar surface area (TPSA) is 54.5 Å². The van der Waals surface area contributed by atoms with Crippen LogP contribution in [-0.2, 0) is 13.8 Å². The highest BCUT2D eigenvalue weighted by molar-refractivity contribution is 8.14. The molecule has 1 aliphatic heterocycles. The highest BCUT2D eigenvalue weighted by Gasteiger charge is 2.38. The van der Waals surface area contributed by atoms with E-state index in [1.165, 1.54) is 4.90 Å². The number of hydrogen-bond donors (Lipinski definition) is 0. The van der Waals surface area contributed by atoms with E-state index in [2.05, 4.69) is 0 Å². The summed E-state index contributed by atoms with van der Waals surface area (Å²) >= 11 is 0. The van der Waals surface area contributed by atoms with Crippen LogP contribution in [0.25, 0.3) is 10.8 Å². The predicted molar refractivity (Wildman–Crippen MR) is 79.5 cm³/mol. The van der Waals surface area contributed by atoms with E-state index >= 15 is 0 Å². The molecule has 6 heteroatoms. The Kier molecular flexibility index (Phi) is 3.18. The van der Waals surface area contributed by atoms with Crippen molar-refractivity contribution in [3.05, 3.63) is 42.5 Å². The van der Waals surface area contributed by atoms with Crippen molar-refractivity contribution in [2.75, 3.05) is 11.4 Å². The lowest BCUT2D eigenvalue weighted by Gasteiger charge is -2.18. The van der Waals surface area contributed by atoms with Gasteiger partial charge in [0.2, 0.25) is 15.0 Å². The van der Waals surface area contributed by atoms with Gasteiger partial charge in [0, 0.05) is 29.0 Å². The summed E-state index contributed by atoms with van der Waals surface area (Å²) in [6, 6.07) is 13.3. The van der Waals surface area contributed by atoms with Gasteiger partial charge in [-0.05, 0) is 11.5 Å². The molecule has 20 heavy (non-hydrogen) atoms. The van der Waals surface area contributed by atoms with Crippen LogP contribution in [0.15, 0.2) is 42.5 Å². The number of fused-ring (bicyclic) bond motifs is 1. The molecule has 1 fully saturated rings. The van der Waals surface area contributed by atoms with Crippen LogP contribution < -0.4 is 4.90 Å². The summed E-state index contributed by atoms with van der Waals surface area (Å²) in [5.74, 6) is -0.212. The van der Waals surface area contributed by atoms with Crippen LogP contribution in [0.4, 0.5) is 5.69 Å². The van der Waals surface area contributed by atoms with Gasteiger partial charge in [-0.1, -0.05) is 36.4 Å². The van der Waals surface area contributed by atoms with Crippen molar-refractivity contribution in [2.24, 2.45) is 0 Å². The lowest BCUT2D eigenvalue weighted by Crippen LogP contribution is -2.26. The largest absolute Gasteiger partial charge is 0.310 e. The van der Waals surface area contributed by atoms with Gasteiger partial charge < -0.3 is 4.90 Å². The second kappa shape index (κ2) is 4.75. The van der Waals surface area contributed by atoms with Gasteiger partial charge in [-0.3, -0.25) is 4.79 Å². The molecule has 1 unspecified atom stereocenters. The molecule has 3 rings (SSSR count). The van der Waals surface area contributed by atoms with Crippen LogP contribution >= 0.6 is 10.7 Å². The third kappa shape index (κ3) is 2.27. The zero-order chi connectivity index (χ0) is 14.3. The lowest BCUT2D eigenvalue weighted by molar-refractivity contribution is -0.117. The third-order valence-corrected chi connectivity index (χ3v) is 5.41. The first-order chi connectivity index (χ1) is 9.47. The summed E-state index contributed by atoms with van der Waals surface area (Å²) in [5, 5.41) is 1.10. The van der Waals surface area contributed by atoms with Crippen LogP contribution in [0, 0.1) is 0 Å². The van der Waals surface area contributed by atoms with E-state index in [0.717, 1.165) is 16.5 Å². The van der Waals surface area contributed by atoms with Crippen molar-refractivity contribution in [3.63, 3.8) is 0 Å². The van der Waals surface area contributed by atoms with E-state index < -0.39 is 14.3 Å². The minimum Gasteiger partial charge on any atom is -0.310 e.